The number of carboxylic acids is 1. The molecular formula is C16H22BrNO3. The van der Waals surface area contributed by atoms with Crippen LogP contribution in [0.4, 0.5) is 0 Å². The van der Waals surface area contributed by atoms with Crippen molar-refractivity contribution >= 4 is 21.9 Å². The van der Waals surface area contributed by atoms with E-state index in [1.165, 1.54) is 0 Å². The Balaban J connectivity index is 1.68. The fourth-order valence-corrected chi connectivity index (χ4v) is 3.01. The number of carbonyl (C=O) groups is 1. The molecule has 1 N–H and O–H groups in total. The van der Waals surface area contributed by atoms with E-state index in [0.717, 1.165) is 49.1 Å². The number of benzene rings is 1. The number of hydrogen-bond acceptors (Lipinski definition) is 3. The van der Waals surface area contributed by atoms with Gasteiger partial charge in [-0.15, -0.1) is 0 Å². The lowest BCUT2D eigenvalue weighted by molar-refractivity contribution is -0.137. The maximum Gasteiger partial charge on any atom is 0.303 e. The Bertz CT molecular complexity index is 449. The van der Waals surface area contributed by atoms with Crippen molar-refractivity contribution < 1.29 is 14.6 Å². The number of piperidine rings is 1. The highest BCUT2D eigenvalue weighted by molar-refractivity contribution is 9.10. The molecule has 5 heteroatoms. The van der Waals surface area contributed by atoms with Crippen molar-refractivity contribution in [2.75, 3.05) is 26.2 Å². The van der Waals surface area contributed by atoms with Crippen molar-refractivity contribution in [3.05, 3.63) is 28.7 Å². The predicted molar refractivity (Wildman–Crippen MR) is 85.7 cm³/mol. The molecule has 0 saturated carbocycles. The van der Waals surface area contributed by atoms with Crippen LogP contribution in [0.25, 0.3) is 0 Å². The highest BCUT2D eigenvalue weighted by atomic mass is 79.9. The largest absolute Gasteiger partial charge is 0.492 e. The molecule has 0 bridgehead atoms. The summed E-state index contributed by atoms with van der Waals surface area (Å²) in [7, 11) is 0. The van der Waals surface area contributed by atoms with Gasteiger partial charge in [-0.25, -0.2) is 0 Å². The van der Waals surface area contributed by atoms with Crippen LogP contribution in [0.15, 0.2) is 28.7 Å². The summed E-state index contributed by atoms with van der Waals surface area (Å²) < 4.78 is 6.79. The van der Waals surface area contributed by atoms with Crippen LogP contribution in [0.5, 0.6) is 5.75 Å². The van der Waals surface area contributed by atoms with E-state index in [9.17, 15) is 4.79 Å². The van der Waals surface area contributed by atoms with Crippen LogP contribution in [-0.2, 0) is 4.79 Å². The van der Waals surface area contributed by atoms with Gasteiger partial charge in [0.15, 0.2) is 0 Å². The minimum absolute atomic E-state index is 0.286. The highest BCUT2D eigenvalue weighted by Gasteiger charge is 2.20. The molecule has 1 unspecified atom stereocenters. The van der Waals surface area contributed by atoms with E-state index in [1.54, 1.807) is 0 Å². The van der Waals surface area contributed by atoms with Crippen molar-refractivity contribution in [2.45, 2.75) is 25.7 Å². The number of rotatable bonds is 7. The van der Waals surface area contributed by atoms with Crippen LogP contribution in [0.2, 0.25) is 0 Å². The molecule has 4 nitrogen and oxygen atoms in total. The van der Waals surface area contributed by atoms with Crippen LogP contribution < -0.4 is 4.74 Å². The molecule has 1 aliphatic heterocycles. The third kappa shape index (κ3) is 6.06. The Morgan fingerprint density at radius 3 is 2.86 bits per heavy atom. The Morgan fingerprint density at radius 1 is 1.38 bits per heavy atom. The summed E-state index contributed by atoms with van der Waals surface area (Å²) in [5.74, 6) is 0.714. The molecule has 0 radical (unpaired) electrons. The average molecular weight is 356 g/mol. The van der Waals surface area contributed by atoms with Crippen LogP contribution in [0.1, 0.15) is 25.7 Å². The molecule has 1 aromatic carbocycles. The molecule has 0 spiro atoms. The van der Waals surface area contributed by atoms with Gasteiger partial charge in [0.1, 0.15) is 12.4 Å². The second-order valence-electron chi connectivity index (χ2n) is 5.54. The van der Waals surface area contributed by atoms with Gasteiger partial charge in [-0.3, -0.25) is 9.69 Å². The first-order chi connectivity index (χ1) is 10.1. The fraction of sp³-hybridized carbons (Fsp3) is 0.562. The van der Waals surface area contributed by atoms with Gasteiger partial charge in [0.25, 0.3) is 0 Å². The number of halogens is 1. The number of likely N-dealkylation sites (tertiary alicyclic amines) is 1. The number of nitrogens with zero attached hydrogens (tertiary/aromatic N) is 1. The van der Waals surface area contributed by atoms with Gasteiger partial charge in [-0.2, -0.15) is 0 Å². The van der Waals surface area contributed by atoms with Crippen LogP contribution in [-0.4, -0.2) is 42.2 Å². The lowest BCUT2D eigenvalue weighted by Gasteiger charge is -2.32. The van der Waals surface area contributed by atoms with Gasteiger partial charge >= 0.3 is 5.97 Å². The molecule has 1 heterocycles. The minimum atomic E-state index is -0.689. The summed E-state index contributed by atoms with van der Waals surface area (Å²) in [6, 6.07) is 7.85. The quantitative estimate of drug-likeness (QED) is 0.814. The van der Waals surface area contributed by atoms with Crippen LogP contribution in [0, 0.1) is 5.92 Å². The smallest absolute Gasteiger partial charge is 0.303 e. The van der Waals surface area contributed by atoms with E-state index in [4.69, 9.17) is 9.84 Å². The predicted octanol–water partition coefficient (Wildman–Crippen LogP) is 3.40. The molecule has 0 aliphatic carbocycles. The molecule has 1 aromatic rings. The standard InChI is InChI=1S/C16H22BrNO3/c17-14-4-6-15(7-5-14)21-11-10-18-9-1-2-13(12-18)3-8-16(19)20/h4-7,13H,1-3,8-12H2,(H,19,20). The van der Waals surface area contributed by atoms with Crippen LogP contribution in [0.3, 0.4) is 0 Å². The summed E-state index contributed by atoms with van der Waals surface area (Å²) in [5.41, 5.74) is 0. The summed E-state index contributed by atoms with van der Waals surface area (Å²) in [6.07, 6.45) is 3.38. The lowest BCUT2D eigenvalue weighted by Crippen LogP contribution is -2.38. The van der Waals surface area contributed by atoms with E-state index < -0.39 is 5.97 Å². The number of ether oxygens (including phenoxy) is 1. The van der Waals surface area contributed by atoms with Crippen LogP contribution >= 0.6 is 15.9 Å². The van der Waals surface area contributed by atoms with E-state index in [1.807, 2.05) is 24.3 Å². The Morgan fingerprint density at radius 2 is 2.14 bits per heavy atom. The third-order valence-electron chi connectivity index (χ3n) is 3.86. The summed E-state index contributed by atoms with van der Waals surface area (Å²) in [4.78, 5) is 13.0. The maximum absolute atomic E-state index is 10.6. The first kappa shape index (κ1) is 16.3. The Kier molecular flexibility index (Phi) is 6.51. The summed E-state index contributed by atoms with van der Waals surface area (Å²) in [5, 5.41) is 8.76. The first-order valence-corrected chi connectivity index (χ1v) is 8.25. The zero-order valence-electron chi connectivity index (χ0n) is 12.1. The van der Waals surface area contributed by atoms with Gasteiger partial charge in [0, 0.05) is 24.0 Å². The second-order valence-corrected chi connectivity index (χ2v) is 6.46. The van der Waals surface area contributed by atoms with Gasteiger partial charge in [-0.1, -0.05) is 15.9 Å². The third-order valence-corrected chi connectivity index (χ3v) is 4.39. The zero-order valence-corrected chi connectivity index (χ0v) is 13.7. The van der Waals surface area contributed by atoms with Gasteiger partial charge in [0.2, 0.25) is 0 Å². The fourth-order valence-electron chi connectivity index (χ4n) is 2.74. The van der Waals surface area contributed by atoms with Crippen molar-refractivity contribution in [1.82, 2.24) is 4.90 Å². The number of hydrogen-bond donors (Lipinski definition) is 1. The van der Waals surface area contributed by atoms with E-state index in [0.29, 0.717) is 12.5 Å². The zero-order chi connectivity index (χ0) is 15.1. The van der Waals surface area contributed by atoms with Gasteiger partial charge in [-0.05, 0) is 56.0 Å². The average Bonchev–Trinajstić information content (AvgIpc) is 2.48. The molecule has 1 fully saturated rings. The van der Waals surface area contributed by atoms with E-state index in [2.05, 4.69) is 20.8 Å². The van der Waals surface area contributed by atoms with E-state index in [-0.39, 0.29) is 6.42 Å². The first-order valence-electron chi connectivity index (χ1n) is 7.46. The molecular weight excluding hydrogens is 334 g/mol. The SMILES string of the molecule is O=C(O)CCC1CCCN(CCOc2ccc(Br)cc2)C1. The highest BCUT2D eigenvalue weighted by Crippen LogP contribution is 2.21. The van der Waals surface area contributed by atoms with Crippen molar-refractivity contribution in [3.8, 4) is 5.75 Å². The maximum atomic E-state index is 10.6. The Labute approximate surface area is 134 Å². The Hall–Kier alpha value is -1.07. The van der Waals surface area contributed by atoms with Crippen molar-refractivity contribution in [3.63, 3.8) is 0 Å². The second kappa shape index (κ2) is 8.39. The van der Waals surface area contributed by atoms with Crippen molar-refractivity contribution in [1.29, 1.82) is 0 Å². The minimum Gasteiger partial charge on any atom is -0.492 e. The molecule has 116 valence electrons. The summed E-state index contributed by atoms with van der Waals surface area (Å²) in [6.45, 7) is 3.66. The molecule has 1 saturated heterocycles. The molecule has 21 heavy (non-hydrogen) atoms. The van der Waals surface area contributed by atoms with Gasteiger partial charge < -0.3 is 9.84 Å². The molecule has 0 aromatic heterocycles. The topological polar surface area (TPSA) is 49.8 Å². The molecule has 0 amide bonds. The summed E-state index contributed by atoms with van der Waals surface area (Å²) >= 11 is 3.40. The normalized spacial score (nSPS) is 19.4. The molecule has 1 atom stereocenters. The number of aliphatic carboxylic acids is 1. The lowest BCUT2D eigenvalue weighted by atomic mass is 9.93. The van der Waals surface area contributed by atoms with E-state index >= 15 is 0 Å². The monoisotopic (exact) mass is 355 g/mol. The molecule has 1 aliphatic rings. The molecule has 2 rings (SSSR count). The van der Waals surface area contributed by atoms with Crippen molar-refractivity contribution in [2.24, 2.45) is 5.92 Å². The number of carboxylic acid groups (broad SMARTS) is 1. The van der Waals surface area contributed by atoms with Gasteiger partial charge in [0.05, 0.1) is 0 Å².